The van der Waals surface area contributed by atoms with Crippen LogP contribution in [0, 0.1) is 5.82 Å². The Kier molecular flexibility index (Phi) is 5.22. The summed E-state index contributed by atoms with van der Waals surface area (Å²) in [5.41, 5.74) is 0.820. The summed E-state index contributed by atoms with van der Waals surface area (Å²) in [6.07, 6.45) is -1.13. The van der Waals surface area contributed by atoms with E-state index in [1.54, 1.807) is 13.1 Å². The molecular formula is C11H15FN2O3. The van der Waals surface area contributed by atoms with Gasteiger partial charge in [-0.05, 0) is 24.7 Å². The topological polar surface area (TPSA) is 70.6 Å². The van der Waals surface area contributed by atoms with Crippen molar-refractivity contribution in [3.05, 3.63) is 29.6 Å². The van der Waals surface area contributed by atoms with E-state index in [0.717, 1.165) is 5.56 Å². The van der Waals surface area contributed by atoms with E-state index in [-0.39, 0.29) is 18.9 Å². The summed E-state index contributed by atoms with van der Waals surface area (Å²) >= 11 is 0. The van der Waals surface area contributed by atoms with Gasteiger partial charge in [0.1, 0.15) is 6.61 Å². The second kappa shape index (κ2) is 6.70. The number of hydrogen-bond donors (Lipinski definition) is 3. The average molecular weight is 242 g/mol. The Morgan fingerprint density at radius 3 is 2.88 bits per heavy atom. The van der Waals surface area contributed by atoms with Gasteiger partial charge < -0.3 is 20.5 Å². The number of carboxylic acid groups (broad SMARTS) is 1. The maximum Gasteiger partial charge on any atom is 0.404 e. The highest BCUT2D eigenvalue weighted by Gasteiger charge is 2.04. The second-order valence-corrected chi connectivity index (χ2v) is 3.38. The van der Waals surface area contributed by atoms with Crippen LogP contribution in [0.15, 0.2) is 18.2 Å². The molecule has 0 spiro atoms. The summed E-state index contributed by atoms with van der Waals surface area (Å²) in [6.45, 7) is 0.791. The fraction of sp³-hybridized carbons (Fsp3) is 0.364. The summed E-state index contributed by atoms with van der Waals surface area (Å²) in [5, 5.41) is 13.4. The van der Waals surface area contributed by atoms with Crippen LogP contribution in [0.25, 0.3) is 0 Å². The van der Waals surface area contributed by atoms with Crippen molar-refractivity contribution in [2.75, 3.05) is 20.2 Å². The molecular weight excluding hydrogens is 227 g/mol. The van der Waals surface area contributed by atoms with E-state index in [9.17, 15) is 9.18 Å². The standard InChI is InChI=1S/C11H15FN2O3/c1-13-7-8-2-3-10(9(12)6-8)17-5-4-14-11(15)16/h2-3,6,13-14H,4-5,7H2,1H3,(H,15,16). The van der Waals surface area contributed by atoms with Gasteiger partial charge in [0.15, 0.2) is 11.6 Å². The molecule has 17 heavy (non-hydrogen) atoms. The van der Waals surface area contributed by atoms with Crippen molar-refractivity contribution in [3.8, 4) is 5.75 Å². The summed E-state index contributed by atoms with van der Waals surface area (Å²) in [4.78, 5) is 10.1. The Hall–Kier alpha value is -1.82. The fourth-order valence-corrected chi connectivity index (χ4v) is 1.29. The van der Waals surface area contributed by atoms with Crippen LogP contribution in [-0.2, 0) is 6.54 Å². The number of nitrogens with one attached hydrogen (secondary N) is 2. The van der Waals surface area contributed by atoms with Crippen LogP contribution in [0.5, 0.6) is 5.75 Å². The lowest BCUT2D eigenvalue weighted by molar-refractivity contribution is 0.191. The number of ether oxygens (including phenoxy) is 1. The molecule has 0 radical (unpaired) electrons. The largest absolute Gasteiger partial charge is 0.489 e. The summed E-state index contributed by atoms with van der Waals surface area (Å²) < 4.78 is 18.6. The number of rotatable bonds is 6. The molecule has 0 aromatic heterocycles. The summed E-state index contributed by atoms with van der Waals surface area (Å²) in [6, 6.07) is 4.67. The second-order valence-electron chi connectivity index (χ2n) is 3.38. The van der Waals surface area contributed by atoms with Crippen molar-refractivity contribution in [3.63, 3.8) is 0 Å². The van der Waals surface area contributed by atoms with Gasteiger partial charge in [0.2, 0.25) is 0 Å². The van der Waals surface area contributed by atoms with Crippen LogP contribution >= 0.6 is 0 Å². The molecule has 94 valence electrons. The number of carbonyl (C=O) groups is 1. The Labute approximate surface area is 98.6 Å². The van der Waals surface area contributed by atoms with E-state index in [2.05, 4.69) is 10.6 Å². The highest BCUT2D eigenvalue weighted by molar-refractivity contribution is 5.64. The monoisotopic (exact) mass is 242 g/mol. The molecule has 1 aromatic rings. The van der Waals surface area contributed by atoms with Crippen LogP contribution in [0.2, 0.25) is 0 Å². The Morgan fingerprint density at radius 2 is 2.29 bits per heavy atom. The van der Waals surface area contributed by atoms with E-state index < -0.39 is 11.9 Å². The summed E-state index contributed by atoms with van der Waals surface area (Å²) in [7, 11) is 1.78. The first-order valence-electron chi connectivity index (χ1n) is 5.16. The normalized spacial score (nSPS) is 10.0. The third-order valence-electron chi connectivity index (χ3n) is 2.01. The zero-order chi connectivity index (χ0) is 12.7. The molecule has 0 heterocycles. The van der Waals surface area contributed by atoms with E-state index >= 15 is 0 Å². The Morgan fingerprint density at radius 1 is 1.53 bits per heavy atom. The van der Waals surface area contributed by atoms with Crippen molar-refractivity contribution >= 4 is 6.09 Å². The predicted molar refractivity (Wildman–Crippen MR) is 60.7 cm³/mol. The van der Waals surface area contributed by atoms with Crippen molar-refractivity contribution < 1.29 is 19.0 Å². The van der Waals surface area contributed by atoms with Gasteiger partial charge in [-0.25, -0.2) is 9.18 Å². The van der Waals surface area contributed by atoms with Gasteiger partial charge in [0.05, 0.1) is 6.54 Å². The number of hydrogen-bond acceptors (Lipinski definition) is 3. The first-order valence-corrected chi connectivity index (χ1v) is 5.16. The molecule has 1 aromatic carbocycles. The SMILES string of the molecule is CNCc1ccc(OCCNC(=O)O)c(F)c1. The minimum absolute atomic E-state index is 0.0919. The van der Waals surface area contributed by atoms with E-state index in [1.165, 1.54) is 12.1 Å². The zero-order valence-corrected chi connectivity index (χ0v) is 9.50. The van der Waals surface area contributed by atoms with E-state index in [1.807, 2.05) is 0 Å². The third kappa shape index (κ3) is 4.69. The fourth-order valence-electron chi connectivity index (χ4n) is 1.29. The first kappa shape index (κ1) is 13.2. The summed E-state index contributed by atoms with van der Waals surface area (Å²) in [5.74, 6) is -0.329. The molecule has 0 aliphatic rings. The number of amides is 1. The lowest BCUT2D eigenvalue weighted by Crippen LogP contribution is -2.26. The Bertz CT molecular complexity index is 385. The lowest BCUT2D eigenvalue weighted by Gasteiger charge is -2.08. The van der Waals surface area contributed by atoms with Crippen LogP contribution in [0.4, 0.5) is 9.18 Å². The molecule has 1 rings (SSSR count). The van der Waals surface area contributed by atoms with Crippen LogP contribution in [-0.4, -0.2) is 31.4 Å². The van der Waals surface area contributed by atoms with Crippen molar-refractivity contribution in [1.82, 2.24) is 10.6 Å². The van der Waals surface area contributed by atoms with E-state index in [4.69, 9.17) is 9.84 Å². The molecule has 6 heteroatoms. The van der Waals surface area contributed by atoms with Gasteiger partial charge in [-0.15, -0.1) is 0 Å². The van der Waals surface area contributed by atoms with Gasteiger partial charge in [0.25, 0.3) is 0 Å². The molecule has 0 unspecified atom stereocenters. The molecule has 0 aliphatic carbocycles. The van der Waals surface area contributed by atoms with Gasteiger partial charge in [-0.1, -0.05) is 6.07 Å². The molecule has 0 saturated carbocycles. The van der Waals surface area contributed by atoms with Gasteiger partial charge >= 0.3 is 6.09 Å². The van der Waals surface area contributed by atoms with Gasteiger partial charge in [-0.3, -0.25) is 0 Å². The van der Waals surface area contributed by atoms with Crippen LogP contribution < -0.4 is 15.4 Å². The third-order valence-corrected chi connectivity index (χ3v) is 2.01. The van der Waals surface area contributed by atoms with Crippen LogP contribution in [0.3, 0.4) is 0 Å². The smallest absolute Gasteiger partial charge is 0.404 e. The molecule has 5 nitrogen and oxygen atoms in total. The molecule has 0 atom stereocenters. The van der Waals surface area contributed by atoms with Crippen molar-refractivity contribution in [2.45, 2.75) is 6.54 Å². The van der Waals surface area contributed by atoms with Gasteiger partial charge in [0, 0.05) is 6.54 Å². The number of halogens is 1. The highest BCUT2D eigenvalue weighted by atomic mass is 19.1. The molecule has 0 bridgehead atoms. The Balaban J connectivity index is 2.45. The lowest BCUT2D eigenvalue weighted by atomic mass is 10.2. The first-order chi connectivity index (χ1) is 8.13. The molecule has 0 saturated heterocycles. The molecule has 1 amide bonds. The molecule has 3 N–H and O–H groups in total. The quantitative estimate of drug-likeness (QED) is 0.655. The van der Waals surface area contributed by atoms with Crippen molar-refractivity contribution in [1.29, 1.82) is 0 Å². The highest BCUT2D eigenvalue weighted by Crippen LogP contribution is 2.18. The maximum atomic E-state index is 13.5. The maximum absolute atomic E-state index is 13.5. The minimum atomic E-state index is -1.13. The average Bonchev–Trinajstić information content (AvgIpc) is 2.27. The molecule has 0 aliphatic heterocycles. The number of benzene rings is 1. The van der Waals surface area contributed by atoms with E-state index in [0.29, 0.717) is 6.54 Å². The zero-order valence-electron chi connectivity index (χ0n) is 9.50. The predicted octanol–water partition coefficient (Wildman–Crippen LogP) is 1.19. The van der Waals surface area contributed by atoms with Crippen LogP contribution in [0.1, 0.15) is 5.56 Å². The van der Waals surface area contributed by atoms with Crippen molar-refractivity contribution in [2.24, 2.45) is 0 Å². The molecule has 0 fully saturated rings. The van der Waals surface area contributed by atoms with Gasteiger partial charge in [-0.2, -0.15) is 0 Å². The minimum Gasteiger partial charge on any atom is -0.489 e.